The van der Waals surface area contributed by atoms with Crippen LogP contribution in [-0.2, 0) is 5.60 Å². The number of anilines is 1. The minimum absolute atomic E-state index is 0.248. The zero-order chi connectivity index (χ0) is 16.4. The Morgan fingerprint density at radius 3 is 2.57 bits per heavy atom. The van der Waals surface area contributed by atoms with E-state index >= 15 is 0 Å². The predicted molar refractivity (Wildman–Crippen MR) is 84.8 cm³/mol. The van der Waals surface area contributed by atoms with Crippen molar-refractivity contribution in [2.45, 2.75) is 25.4 Å². The second kappa shape index (κ2) is 6.21. The highest BCUT2D eigenvalue weighted by Gasteiger charge is 2.35. The lowest BCUT2D eigenvalue weighted by Gasteiger charge is -2.38. The molecule has 1 aliphatic rings. The van der Waals surface area contributed by atoms with Gasteiger partial charge in [0.05, 0.1) is 5.60 Å². The number of likely N-dealkylation sites (tertiary alicyclic amines) is 1. The Kier molecular flexibility index (Phi) is 4.27. The maximum Gasteiger partial charge on any atom is 0.323 e. The number of benzene rings is 1. The van der Waals surface area contributed by atoms with Crippen molar-refractivity contribution in [3.8, 4) is 0 Å². The molecule has 2 N–H and O–H groups in total. The van der Waals surface area contributed by atoms with Gasteiger partial charge in [0.1, 0.15) is 11.6 Å². The fourth-order valence-corrected chi connectivity index (χ4v) is 3.21. The van der Waals surface area contributed by atoms with Crippen molar-refractivity contribution in [3.05, 3.63) is 41.5 Å². The first-order valence-electron chi connectivity index (χ1n) is 7.31. The summed E-state index contributed by atoms with van der Waals surface area (Å²) in [5.74, 6) is 0.288. The van der Waals surface area contributed by atoms with Gasteiger partial charge in [0.2, 0.25) is 5.13 Å². The minimum Gasteiger partial charge on any atom is -0.385 e. The highest BCUT2D eigenvalue weighted by Crippen LogP contribution is 2.33. The summed E-state index contributed by atoms with van der Waals surface area (Å²) >= 11 is 1.14. The summed E-state index contributed by atoms with van der Waals surface area (Å²) in [5, 5.41) is 13.9. The number of nitrogens with zero attached hydrogens (tertiary/aromatic N) is 3. The van der Waals surface area contributed by atoms with Crippen LogP contribution in [0.5, 0.6) is 0 Å². The first kappa shape index (κ1) is 15.8. The number of carbonyl (C=O) groups excluding carboxylic acids is 1. The van der Waals surface area contributed by atoms with Crippen LogP contribution in [0.1, 0.15) is 24.2 Å². The van der Waals surface area contributed by atoms with E-state index in [0.29, 0.717) is 42.5 Å². The molecule has 0 atom stereocenters. The molecule has 1 fully saturated rings. The van der Waals surface area contributed by atoms with Crippen molar-refractivity contribution in [3.63, 3.8) is 0 Å². The molecule has 0 spiro atoms. The zero-order valence-electron chi connectivity index (χ0n) is 12.6. The molecule has 0 bridgehead atoms. The van der Waals surface area contributed by atoms with Crippen LogP contribution in [0.2, 0.25) is 0 Å². The van der Waals surface area contributed by atoms with Crippen LogP contribution in [0.25, 0.3) is 0 Å². The van der Waals surface area contributed by atoms with Crippen LogP contribution in [0.3, 0.4) is 0 Å². The highest BCUT2D eigenvalue weighted by molar-refractivity contribution is 7.09. The van der Waals surface area contributed by atoms with Crippen molar-refractivity contribution in [1.29, 1.82) is 0 Å². The van der Waals surface area contributed by atoms with Gasteiger partial charge < -0.3 is 10.0 Å². The van der Waals surface area contributed by atoms with Gasteiger partial charge in [-0.05, 0) is 37.5 Å². The number of aryl methyl sites for hydroxylation is 1. The maximum atomic E-state index is 13.0. The first-order chi connectivity index (χ1) is 11.0. The standard InChI is InChI=1S/C15H17FN4O2S/c1-10-17-13(23-19-10)18-14(21)20-8-6-15(22,7-9-20)11-2-4-12(16)5-3-11/h2-5,22H,6-9H2,1H3,(H,17,18,19,21). The van der Waals surface area contributed by atoms with Crippen molar-refractivity contribution in [2.75, 3.05) is 18.4 Å². The number of amides is 2. The van der Waals surface area contributed by atoms with Crippen LogP contribution in [0.15, 0.2) is 24.3 Å². The van der Waals surface area contributed by atoms with Gasteiger partial charge in [-0.25, -0.2) is 14.2 Å². The first-order valence-corrected chi connectivity index (χ1v) is 8.08. The monoisotopic (exact) mass is 336 g/mol. The Labute approximate surface area is 137 Å². The third-order valence-electron chi connectivity index (χ3n) is 4.00. The SMILES string of the molecule is Cc1nsc(NC(=O)N2CCC(O)(c3ccc(F)cc3)CC2)n1. The molecule has 2 aromatic rings. The lowest BCUT2D eigenvalue weighted by atomic mass is 9.84. The van der Waals surface area contributed by atoms with Crippen LogP contribution in [0.4, 0.5) is 14.3 Å². The Morgan fingerprint density at radius 1 is 1.35 bits per heavy atom. The van der Waals surface area contributed by atoms with E-state index in [0.717, 1.165) is 11.5 Å². The smallest absolute Gasteiger partial charge is 0.323 e. The number of aromatic nitrogens is 2. The van der Waals surface area contributed by atoms with Crippen LogP contribution in [-0.4, -0.2) is 38.5 Å². The fourth-order valence-electron chi connectivity index (χ4n) is 2.65. The molecule has 2 heterocycles. The molecule has 2 amide bonds. The molecule has 1 aliphatic heterocycles. The van der Waals surface area contributed by atoms with Gasteiger partial charge in [0, 0.05) is 24.6 Å². The summed E-state index contributed by atoms with van der Waals surface area (Å²) in [5.41, 5.74) is -0.345. The molecule has 3 rings (SSSR count). The van der Waals surface area contributed by atoms with Crippen LogP contribution in [0, 0.1) is 12.7 Å². The van der Waals surface area contributed by atoms with Crippen molar-refractivity contribution < 1.29 is 14.3 Å². The lowest BCUT2D eigenvalue weighted by molar-refractivity contribution is -0.0157. The number of carbonyl (C=O) groups is 1. The van der Waals surface area contributed by atoms with Gasteiger partial charge in [0.15, 0.2) is 0 Å². The molecular formula is C15H17FN4O2S. The second-order valence-electron chi connectivity index (χ2n) is 5.60. The average Bonchev–Trinajstić information content (AvgIpc) is 2.93. The molecule has 0 radical (unpaired) electrons. The van der Waals surface area contributed by atoms with Gasteiger partial charge in [-0.2, -0.15) is 4.37 Å². The summed E-state index contributed by atoms with van der Waals surface area (Å²) in [7, 11) is 0. The molecule has 1 aromatic heterocycles. The molecule has 122 valence electrons. The number of halogens is 1. The Hall–Kier alpha value is -2.06. The van der Waals surface area contributed by atoms with Crippen molar-refractivity contribution >= 4 is 22.7 Å². The van der Waals surface area contributed by atoms with E-state index in [1.807, 2.05) is 0 Å². The molecule has 23 heavy (non-hydrogen) atoms. The zero-order valence-corrected chi connectivity index (χ0v) is 13.4. The number of rotatable bonds is 2. The van der Waals surface area contributed by atoms with Gasteiger partial charge >= 0.3 is 6.03 Å². The van der Waals surface area contributed by atoms with Gasteiger partial charge in [-0.15, -0.1) is 0 Å². The molecule has 0 unspecified atom stereocenters. The number of hydrogen-bond donors (Lipinski definition) is 2. The van der Waals surface area contributed by atoms with E-state index in [1.165, 1.54) is 12.1 Å². The third kappa shape index (κ3) is 3.48. The summed E-state index contributed by atoms with van der Waals surface area (Å²) in [4.78, 5) is 17.9. The molecule has 1 saturated heterocycles. The topological polar surface area (TPSA) is 78.4 Å². The quantitative estimate of drug-likeness (QED) is 0.883. The second-order valence-corrected chi connectivity index (χ2v) is 6.35. The third-order valence-corrected chi connectivity index (χ3v) is 4.72. The summed E-state index contributed by atoms with van der Waals surface area (Å²) in [6.07, 6.45) is 0.808. The minimum atomic E-state index is -1.02. The van der Waals surface area contributed by atoms with Gasteiger partial charge in [0.25, 0.3) is 0 Å². The molecule has 8 heteroatoms. The molecule has 6 nitrogen and oxygen atoms in total. The van der Waals surface area contributed by atoms with E-state index in [9.17, 15) is 14.3 Å². The average molecular weight is 336 g/mol. The number of aliphatic hydroxyl groups is 1. The van der Waals surface area contributed by atoms with Gasteiger partial charge in [-0.3, -0.25) is 5.32 Å². The maximum absolute atomic E-state index is 13.0. The molecule has 1 aromatic carbocycles. The van der Waals surface area contributed by atoms with Gasteiger partial charge in [-0.1, -0.05) is 12.1 Å². The normalized spacial score (nSPS) is 17.1. The summed E-state index contributed by atoms with van der Waals surface area (Å²) < 4.78 is 17.0. The Balaban J connectivity index is 1.61. The predicted octanol–water partition coefficient (Wildman–Crippen LogP) is 2.50. The Bertz CT molecular complexity index is 696. The summed E-state index contributed by atoms with van der Waals surface area (Å²) in [6.45, 7) is 2.59. The number of piperidine rings is 1. The van der Waals surface area contributed by atoms with Crippen LogP contribution >= 0.6 is 11.5 Å². The van der Waals surface area contributed by atoms with E-state index in [-0.39, 0.29) is 11.8 Å². The number of urea groups is 1. The number of hydrogen-bond acceptors (Lipinski definition) is 5. The largest absolute Gasteiger partial charge is 0.385 e. The van der Waals surface area contributed by atoms with Crippen molar-refractivity contribution in [1.82, 2.24) is 14.3 Å². The van der Waals surface area contributed by atoms with E-state index in [1.54, 1.807) is 24.0 Å². The van der Waals surface area contributed by atoms with E-state index in [4.69, 9.17) is 0 Å². The number of nitrogens with one attached hydrogen (secondary N) is 1. The van der Waals surface area contributed by atoms with E-state index in [2.05, 4.69) is 14.7 Å². The molecule has 0 saturated carbocycles. The lowest BCUT2D eigenvalue weighted by Crippen LogP contribution is -2.46. The Morgan fingerprint density at radius 2 is 2.00 bits per heavy atom. The van der Waals surface area contributed by atoms with Crippen LogP contribution < -0.4 is 5.32 Å². The highest BCUT2D eigenvalue weighted by atomic mass is 32.1. The molecular weight excluding hydrogens is 319 g/mol. The molecule has 0 aliphatic carbocycles. The fraction of sp³-hybridized carbons (Fsp3) is 0.400. The summed E-state index contributed by atoms with van der Waals surface area (Å²) in [6, 6.07) is 5.61. The van der Waals surface area contributed by atoms with E-state index < -0.39 is 5.60 Å². The van der Waals surface area contributed by atoms with Crippen molar-refractivity contribution in [2.24, 2.45) is 0 Å².